The molecule has 0 unspecified atom stereocenters. The third-order valence-electron chi connectivity index (χ3n) is 2.93. The summed E-state index contributed by atoms with van der Waals surface area (Å²) in [6.07, 6.45) is 4.68. The summed E-state index contributed by atoms with van der Waals surface area (Å²) in [5, 5.41) is 6.14. The van der Waals surface area contributed by atoms with Gasteiger partial charge in [-0.3, -0.25) is 4.79 Å². The summed E-state index contributed by atoms with van der Waals surface area (Å²) in [6.45, 7) is 2.18. The maximum absolute atomic E-state index is 11.6. The molecule has 16 heavy (non-hydrogen) atoms. The Bertz CT molecular complexity index is 384. The number of carbonyl (C=O) groups excluding carboxylic acids is 1. The Morgan fingerprint density at radius 3 is 3.12 bits per heavy atom. The van der Waals surface area contributed by atoms with Gasteiger partial charge in [0.25, 0.3) is 5.91 Å². The van der Waals surface area contributed by atoms with Crippen molar-refractivity contribution < 1.29 is 4.79 Å². The van der Waals surface area contributed by atoms with Gasteiger partial charge in [0, 0.05) is 5.71 Å². The predicted octanol–water partition coefficient (Wildman–Crippen LogP) is 3.04. The van der Waals surface area contributed by atoms with Gasteiger partial charge >= 0.3 is 0 Å². The van der Waals surface area contributed by atoms with Gasteiger partial charge in [-0.15, -0.1) is 11.3 Å². The third-order valence-corrected chi connectivity index (χ3v) is 3.80. The summed E-state index contributed by atoms with van der Waals surface area (Å²) in [6, 6.07) is 3.68. The van der Waals surface area contributed by atoms with Gasteiger partial charge in [0.15, 0.2) is 0 Å². The van der Waals surface area contributed by atoms with Crippen LogP contribution in [0.1, 0.15) is 42.3 Å². The molecule has 0 aromatic carbocycles. The smallest absolute Gasteiger partial charge is 0.266 e. The molecule has 0 bridgehead atoms. The lowest BCUT2D eigenvalue weighted by Crippen LogP contribution is -2.23. The largest absolute Gasteiger partial charge is 0.281 e. The first-order valence-electron chi connectivity index (χ1n) is 5.67. The Kier molecular flexibility index (Phi) is 3.72. The standard InChI is InChI=1S/C12H16N2OS/c1-9-5-2-3-6-10(9)13-14-12(15)11-7-4-8-16-11/h4,7-9H,2-3,5-6H2,1H3,(H,14,15)/t9-/m1/s1. The van der Waals surface area contributed by atoms with Crippen molar-refractivity contribution in [3.05, 3.63) is 22.4 Å². The van der Waals surface area contributed by atoms with Crippen LogP contribution in [0.15, 0.2) is 22.6 Å². The predicted molar refractivity (Wildman–Crippen MR) is 66.9 cm³/mol. The molecule has 1 aromatic heterocycles. The fourth-order valence-electron chi connectivity index (χ4n) is 1.92. The van der Waals surface area contributed by atoms with E-state index in [2.05, 4.69) is 17.5 Å². The number of hydrogen-bond donors (Lipinski definition) is 1. The normalized spacial score (nSPS) is 23.3. The van der Waals surface area contributed by atoms with E-state index >= 15 is 0 Å². The maximum atomic E-state index is 11.6. The Morgan fingerprint density at radius 2 is 2.44 bits per heavy atom. The second kappa shape index (κ2) is 5.25. The van der Waals surface area contributed by atoms with Gasteiger partial charge in [0.2, 0.25) is 0 Å². The number of nitrogens with one attached hydrogen (secondary N) is 1. The summed E-state index contributed by atoms with van der Waals surface area (Å²) >= 11 is 1.44. The zero-order chi connectivity index (χ0) is 11.4. The van der Waals surface area contributed by atoms with E-state index in [1.165, 1.54) is 30.6 Å². The van der Waals surface area contributed by atoms with Crippen molar-refractivity contribution in [1.82, 2.24) is 5.43 Å². The summed E-state index contributed by atoms with van der Waals surface area (Å²) < 4.78 is 0. The van der Waals surface area contributed by atoms with Gasteiger partial charge in [-0.05, 0) is 36.6 Å². The highest BCUT2D eigenvalue weighted by Gasteiger charge is 2.16. The van der Waals surface area contributed by atoms with E-state index in [1.54, 1.807) is 0 Å². The van der Waals surface area contributed by atoms with E-state index in [0.717, 1.165) is 12.1 Å². The van der Waals surface area contributed by atoms with Crippen molar-refractivity contribution in [1.29, 1.82) is 0 Å². The zero-order valence-electron chi connectivity index (χ0n) is 9.40. The molecular formula is C12H16N2OS. The van der Waals surface area contributed by atoms with Crippen molar-refractivity contribution >= 4 is 23.0 Å². The molecular weight excluding hydrogens is 220 g/mol. The average molecular weight is 236 g/mol. The van der Waals surface area contributed by atoms with Crippen LogP contribution in [0.3, 0.4) is 0 Å². The Balaban J connectivity index is 1.95. The number of amides is 1. The summed E-state index contributed by atoms with van der Waals surface area (Å²) in [5.41, 5.74) is 3.78. The van der Waals surface area contributed by atoms with Crippen molar-refractivity contribution in [2.75, 3.05) is 0 Å². The molecule has 1 N–H and O–H groups in total. The lowest BCUT2D eigenvalue weighted by molar-refractivity contribution is 0.0958. The molecule has 1 aromatic rings. The molecule has 1 atom stereocenters. The van der Waals surface area contributed by atoms with Gasteiger partial charge in [-0.1, -0.05) is 19.4 Å². The van der Waals surface area contributed by atoms with Crippen molar-refractivity contribution in [3.63, 3.8) is 0 Å². The zero-order valence-corrected chi connectivity index (χ0v) is 10.2. The molecule has 4 heteroatoms. The topological polar surface area (TPSA) is 41.5 Å². The fourth-order valence-corrected chi connectivity index (χ4v) is 2.53. The van der Waals surface area contributed by atoms with E-state index < -0.39 is 0 Å². The number of carbonyl (C=O) groups is 1. The van der Waals surface area contributed by atoms with E-state index in [0.29, 0.717) is 10.8 Å². The maximum Gasteiger partial charge on any atom is 0.281 e. The highest BCUT2D eigenvalue weighted by atomic mass is 32.1. The average Bonchev–Trinajstić information content (AvgIpc) is 2.81. The van der Waals surface area contributed by atoms with Crippen LogP contribution in [0.2, 0.25) is 0 Å². The molecule has 1 saturated carbocycles. The molecule has 0 aliphatic heterocycles. The van der Waals surface area contributed by atoms with Crippen LogP contribution in [0.5, 0.6) is 0 Å². The lowest BCUT2D eigenvalue weighted by atomic mass is 9.89. The van der Waals surface area contributed by atoms with Crippen LogP contribution in [0, 0.1) is 5.92 Å². The van der Waals surface area contributed by atoms with Crippen molar-refractivity contribution in [3.8, 4) is 0 Å². The molecule has 1 aliphatic rings. The number of nitrogens with zero attached hydrogens (tertiary/aromatic N) is 1. The van der Waals surface area contributed by atoms with Gasteiger partial charge < -0.3 is 0 Å². The number of thiophene rings is 1. The van der Waals surface area contributed by atoms with Crippen LogP contribution in [-0.4, -0.2) is 11.6 Å². The SMILES string of the molecule is C[C@@H]1CCCCC1=NNC(=O)c1cccs1. The monoisotopic (exact) mass is 236 g/mol. The van der Waals surface area contributed by atoms with Crippen LogP contribution in [0.25, 0.3) is 0 Å². The Labute approximate surface area is 99.6 Å². The second-order valence-electron chi connectivity index (χ2n) is 4.17. The van der Waals surface area contributed by atoms with Crippen molar-refractivity contribution in [2.24, 2.45) is 11.0 Å². The number of hydrogen-bond acceptors (Lipinski definition) is 3. The highest BCUT2D eigenvalue weighted by Crippen LogP contribution is 2.20. The fraction of sp³-hybridized carbons (Fsp3) is 0.500. The molecule has 1 fully saturated rings. The lowest BCUT2D eigenvalue weighted by Gasteiger charge is -2.19. The van der Waals surface area contributed by atoms with Gasteiger partial charge in [0.1, 0.15) is 0 Å². The van der Waals surface area contributed by atoms with E-state index in [4.69, 9.17) is 0 Å². The first-order chi connectivity index (χ1) is 7.77. The van der Waals surface area contributed by atoms with Crippen molar-refractivity contribution in [2.45, 2.75) is 32.6 Å². The highest BCUT2D eigenvalue weighted by molar-refractivity contribution is 7.12. The molecule has 86 valence electrons. The number of rotatable bonds is 2. The molecule has 1 heterocycles. The minimum atomic E-state index is -0.0970. The molecule has 1 aliphatic carbocycles. The first kappa shape index (κ1) is 11.3. The molecule has 0 saturated heterocycles. The molecule has 0 radical (unpaired) electrons. The Hall–Kier alpha value is -1.16. The summed E-state index contributed by atoms with van der Waals surface area (Å²) in [4.78, 5) is 12.4. The number of hydrazone groups is 1. The van der Waals surface area contributed by atoms with Gasteiger partial charge in [-0.2, -0.15) is 5.10 Å². The van der Waals surface area contributed by atoms with Gasteiger partial charge in [-0.25, -0.2) is 5.43 Å². The molecule has 2 rings (SSSR count). The van der Waals surface area contributed by atoms with Crippen LogP contribution < -0.4 is 5.43 Å². The third kappa shape index (κ3) is 2.70. The van der Waals surface area contributed by atoms with E-state index in [-0.39, 0.29) is 5.91 Å². The van der Waals surface area contributed by atoms with Gasteiger partial charge in [0.05, 0.1) is 4.88 Å². The Morgan fingerprint density at radius 1 is 1.56 bits per heavy atom. The van der Waals surface area contributed by atoms with Crippen LogP contribution >= 0.6 is 11.3 Å². The minimum absolute atomic E-state index is 0.0970. The first-order valence-corrected chi connectivity index (χ1v) is 6.55. The molecule has 0 spiro atoms. The molecule has 1 amide bonds. The quantitative estimate of drug-likeness (QED) is 0.788. The van der Waals surface area contributed by atoms with Crippen LogP contribution in [0.4, 0.5) is 0 Å². The van der Waals surface area contributed by atoms with E-state index in [1.807, 2.05) is 17.5 Å². The summed E-state index contributed by atoms with van der Waals surface area (Å²) in [7, 11) is 0. The minimum Gasteiger partial charge on any atom is -0.266 e. The summed E-state index contributed by atoms with van der Waals surface area (Å²) in [5.74, 6) is 0.414. The second-order valence-corrected chi connectivity index (χ2v) is 5.12. The van der Waals surface area contributed by atoms with E-state index in [9.17, 15) is 4.79 Å². The molecule has 3 nitrogen and oxygen atoms in total. The van der Waals surface area contributed by atoms with Crippen LogP contribution in [-0.2, 0) is 0 Å².